The number of esters is 1. The summed E-state index contributed by atoms with van der Waals surface area (Å²) in [7, 11) is 1.26. The van der Waals surface area contributed by atoms with E-state index in [4.69, 9.17) is 0 Å². The van der Waals surface area contributed by atoms with Crippen LogP contribution in [-0.2, 0) is 16.1 Å². The van der Waals surface area contributed by atoms with Crippen LogP contribution in [0.4, 0.5) is 5.69 Å². The predicted octanol–water partition coefficient (Wildman–Crippen LogP) is 2.14. The third-order valence-corrected chi connectivity index (χ3v) is 4.20. The minimum atomic E-state index is -1.15. The van der Waals surface area contributed by atoms with Gasteiger partial charge in [0.15, 0.2) is 0 Å². The summed E-state index contributed by atoms with van der Waals surface area (Å²) in [5.74, 6) is -0.947. The fourth-order valence-electron chi connectivity index (χ4n) is 2.70. The van der Waals surface area contributed by atoms with Crippen LogP contribution in [0, 0.1) is 24.0 Å². The summed E-state index contributed by atoms with van der Waals surface area (Å²) in [4.78, 5) is 34.6. The van der Waals surface area contributed by atoms with Crippen LogP contribution in [0.3, 0.4) is 0 Å². The van der Waals surface area contributed by atoms with E-state index in [2.05, 4.69) is 15.2 Å². The van der Waals surface area contributed by atoms with Crippen LogP contribution < -0.4 is 5.32 Å². The second-order valence-corrected chi connectivity index (χ2v) is 6.70. The molecule has 27 heavy (non-hydrogen) atoms. The second-order valence-electron chi connectivity index (χ2n) is 6.70. The van der Waals surface area contributed by atoms with Gasteiger partial charge in [-0.1, -0.05) is 12.1 Å². The highest BCUT2D eigenvalue weighted by Crippen LogP contribution is 2.22. The van der Waals surface area contributed by atoms with Gasteiger partial charge in [0.1, 0.15) is 16.9 Å². The monoisotopic (exact) mass is 374 g/mol. The number of nitrogens with zero attached hydrogens (tertiary/aromatic N) is 3. The summed E-state index contributed by atoms with van der Waals surface area (Å²) >= 11 is 0. The van der Waals surface area contributed by atoms with E-state index in [-0.39, 0.29) is 5.69 Å². The van der Waals surface area contributed by atoms with Gasteiger partial charge in [-0.3, -0.25) is 19.6 Å². The van der Waals surface area contributed by atoms with Crippen molar-refractivity contribution in [3.05, 3.63) is 56.9 Å². The Bertz CT molecular complexity index is 884. The summed E-state index contributed by atoms with van der Waals surface area (Å²) in [6, 6.07) is 6.72. The van der Waals surface area contributed by atoms with Crippen molar-refractivity contribution >= 4 is 17.6 Å². The summed E-state index contributed by atoms with van der Waals surface area (Å²) in [5, 5.41) is 17.9. The molecule has 0 bridgehead atoms. The average Bonchev–Trinajstić information content (AvgIpc) is 2.87. The zero-order chi connectivity index (χ0) is 20.4. The lowest BCUT2D eigenvalue weighted by atomic mass is 10.0. The maximum Gasteiger partial charge on any atom is 0.330 e. The van der Waals surface area contributed by atoms with Gasteiger partial charge in [-0.25, -0.2) is 4.79 Å². The Kier molecular flexibility index (Phi) is 5.63. The predicted molar refractivity (Wildman–Crippen MR) is 97.5 cm³/mol. The van der Waals surface area contributed by atoms with E-state index in [1.807, 2.05) is 0 Å². The van der Waals surface area contributed by atoms with Gasteiger partial charge in [0.25, 0.3) is 5.91 Å². The molecular formula is C18H22N4O5. The van der Waals surface area contributed by atoms with Gasteiger partial charge in [0.2, 0.25) is 0 Å². The van der Waals surface area contributed by atoms with Crippen LogP contribution >= 0.6 is 0 Å². The molecular weight excluding hydrogens is 352 g/mol. The molecule has 0 fully saturated rings. The summed E-state index contributed by atoms with van der Waals surface area (Å²) < 4.78 is 6.22. The number of nitro groups is 1. The molecule has 1 N–H and O–H groups in total. The van der Waals surface area contributed by atoms with Crippen molar-refractivity contribution in [3.8, 4) is 0 Å². The lowest BCUT2D eigenvalue weighted by Crippen LogP contribution is -2.50. The van der Waals surface area contributed by atoms with Gasteiger partial charge in [-0.2, -0.15) is 5.10 Å². The van der Waals surface area contributed by atoms with Gasteiger partial charge >= 0.3 is 11.7 Å². The van der Waals surface area contributed by atoms with E-state index < -0.39 is 22.3 Å². The number of hydrogen-bond donors (Lipinski definition) is 1. The van der Waals surface area contributed by atoms with E-state index in [1.165, 1.54) is 7.11 Å². The first-order valence-corrected chi connectivity index (χ1v) is 8.25. The van der Waals surface area contributed by atoms with Crippen molar-refractivity contribution < 1.29 is 19.2 Å². The van der Waals surface area contributed by atoms with Crippen molar-refractivity contribution in [2.75, 3.05) is 7.11 Å². The normalized spacial score (nSPS) is 11.1. The number of carbonyl (C=O) groups is 2. The van der Waals surface area contributed by atoms with Gasteiger partial charge in [0.05, 0.1) is 18.6 Å². The second kappa shape index (κ2) is 7.56. The molecule has 9 heteroatoms. The number of hydrogen-bond acceptors (Lipinski definition) is 6. The Balaban J connectivity index is 2.14. The summed E-state index contributed by atoms with van der Waals surface area (Å²) in [6.45, 7) is 6.70. The zero-order valence-corrected chi connectivity index (χ0v) is 15.9. The minimum Gasteiger partial charge on any atom is -0.467 e. The van der Waals surface area contributed by atoms with Gasteiger partial charge in [-0.15, -0.1) is 0 Å². The average molecular weight is 374 g/mol. The minimum absolute atomic E-state index is 0.0102. The SMILES string of the molecule is COC(=O)C(C)(C)NC(=O)c1ccc(Cn2nc(C)c([N+](=O)[O-])c2C)cc1. The van der Waals surface area contributed by atoms with E-state index in [0.717, 1.165) is 5.56 Å². The summed E-state index contributed by atoms with van der Waals surface area (Å²) in [5.41, 5.74) is 0.913. The molecule has 1 aromatic heterocycles. The summed E-state index contributed by atoms with van der Waals surface area (Å²) in [6.07, 6.45) is 0. The first kappa shape index (κ1) is 20.1. The number of benzene rings is 1. The number of amides is 1. The smallest absolute Gasteiger partial charge is 0.330 e. The van der Waals surface area contributed by atoms with Crippen LogP contribution in [0.2, 0.25) is 0 Å². The Morgan fingerprint density at radius 2 is 1.85 bits per heavy atom. The van der Waals surface area contributed by atoms with Crippen molar-refractivity contribution in [2.24, 2.45) is 0 Å². The molecule has 0 aliphatic carbocycles. The largest absolute Gasteiger partial charge is 0.467 e. The van der Waals surface area contributed by atoms with Crippen molar-refractivity contribution in [1.29, 1.82) is 0 Å². The number of ether oxygens (including phenoxy) is 1. The maximum atomic E-state index is 12.3. The topological polar surface area (TPSA) is 116 Å². The first-order chi connectivity index (χ1) is 12.6. The molecule has 2 aromatic rings. The van der Waals surface area contributed by atoms with Crippen LogP contribution in [0.5, 0.6) is 0 Å². The van der Waals surface area contributed by atoms with Crippen LogP contribution in [0.25, 0.3) is 0 Å². The third-order valence-electron chi connectivity index (χ3n) is 4.20. The molecule has 2 rings (SSSR count). The molecule has 1 heterocycles. The van der Waals surface area contributed by atoms with Crippen LogP contribution in [-0.4, -0.2) is 39.2 Å². The molecule has 1 aromatic carbocycles. The van der Waals surface area contributed by atoms with E-state index in [9.17, 15) is 19.7 Å². The van der Waals surface area contributed by atoms with Crippen LogP contribution in [0.15, 0.2) is 24.3 Å². The van der Waals surface area contributed by atoms with Crippen molar-refractivity contribution in [1.82, 2.24) is 15.1 Å². The van der Waals surface area contributed by atoms with Crippen molar-refractivity contribution in [3.63, 3.8) is 0 Å². The van der Waals surface area contributed by atoms with E-state index in [0.29, 0.717) is 23.5 Å². The molecule has 0 saturated carbocycles. The number of rotatable bonds is 6. The zero-order valence-electron chi connectivity index (χ0n) is 15.9. The molecule has 9 nitrogen and oxygen atoms in total. The Morgan fingerprint density at radius 3 is 2.33 bits per heavy atom. The lowest BCUT2D eigenvalue weighted by molar-refractivity contribution is -0.386. The Morgan fingerprint density at radius 1 is 1.26 bits per heavy atom. The Labute approximate surface area is 156 Å². The lowest BCUT2D eigenvalue weighted by Gasteiger charge is -2.23. The highest BCUT2D eigenvalue weighted by atomic mass is 16.6. The first-order valence-electron chi connectivity index (χ1n) is 8.25. The molecule has 1 amide bonds. The number of methoxy groups -OCH3 is 1. The molecule has 0 aliphatic rings. The molecule has 0 atom stereocenters. The number of nitrogens with one attached hydrogen (secondary N) is 1. The fraction of sp³-hybridized carbons (Fsp3) is 0.389. The Hall–Kier alpha value is -3.23. The highest BCUT2D eigenvalue weighted by molar-refractivity contribution is 5.97. The van der Waals surface area contributed by atoms with Gasteiger partial charge < -0.3 is 10.1 Å². The third kappa shape index (κ3) is 4.30. The molecule has 0 aliphatic heterocycles. The standard InChI is InChI=1S/C18H22N4O5/c1-11-15(22(25)26)12(2)21(20-11)10-13-6-8-14(9-7-13)16(23)19-18(3,4)17(24)27-5/h6-9H,10H2,1-5H3,(H,19,23). The molecule has 0 spiro atoms. The highest BCUT2D eigenvalue weighted by Gasteiger charge is 2.30. The van der Waals surface area contributed by atoms with Crippen LogP contribution in [0.1, 0.15) is 41.2 Å². The van der Waals surface area contributed by atoms with Crippen molar-refractivity contribution in [2.45, 2.75) is 39.8 Å². The maximum absolute atomic E-state index is 12.3. The number of aromatic nitrogens is 2. The number of aryl methyl sites for hydroxylation is 1. The van der Waals surface area contributed by atoms with Gasteiger partial charge in [-0.05, 0) is 45.4 Å². The quantitative estimate of drug-likeness (QED) is 0.470. The fourth-order valence-corrected chi connectivity index (χ4v) is 2.70. The van der Waals surface area contributed by atoms with Gasteiger partial charge in [0, 0.05) is 5.56 Å². The molecule has 0 unspecified atom stereocenters. The number of carbonyl (C=O) groups excluding carboxylic acids is 2. The molecule has 0 saturated heterocycles. The molecule has 144 valence electrons. The van der Waals surface area contributed by atoms with E-state index in [1.54, 1.807) is 56.6 Å². The van der Waals surface area contributed by atoms with E-state index >= 15 is 0 Å². The molecule has 0 radical (unpaired) electrons.